The number of ether oxygens (including phenoxy) is 3. The molecule has 0 saturated carbocycles. The first-order valence-electron chi connectivity index (χ1n) is 15.4. The molecule has 7 atom stereocenters. The van der Waals surface area contributed by atoms with E-state index in [-0.39, 0.29) is 62.2 Å². The van der Waals surface area contributed by atoms with Gasteiger partial charge in [-0.15, -0.1) is 0 Å². The molecule has 45 heavy (non-hydrogen) atoms. The number of benzene rings is 2. The van der Waals surface area contributed by atoms with Gasteiger partial charge in [0.15, 0.2) is 0 Å². The van der Waals surface area contributed by atoms with E-state index in [0.717, 1.165) is 0 Å². The lowest BCUT2D eigenvalue weighted by atomic mass is 10.0. The minimum absolute atomic E-state index is 0.0609. The third-order valence-electron chi connectivity index (χ3n) is 9.17. The summed E-state index contributed by atoms with van der Waals surface area (Å²) in [6, 6.07) is 12.7. The number of hydrogen-bond acceptors (Lipinski definition) is 10. The molecule has 3 amide bonds. The van der Waals surface area contributed by atoms with Crippen LogP contribution >= 0.6 is 0 Å². The number of aromatic hydroxyl groups is 1. The fourth-order valence-electron chi connectivity index (χ4n) is 6.78. The molecule has 2 aromatic rings. The maximum atomic E-state index is 14.0. The number of methoxy groups -OCH3 is 1. The van der Waals surface area contributed by atoms with Crippen LogP contribution in [0.15, 0.2) is 48.5 Å². The summed E-state index contributed by atoms with van der Waals surface area (Å²) in [5.74, 6) is -0.108. The first-order valence-corrected chi connectivity index (χ1v) is 15.4. The highest BCUT2D eigenvalue weighted by molar-refractivity contribution is 5.94. The zero-order chi connectivity index (χ0) is 31.7. The Morgan fingerprint density at radius 3 is 2.51 bits per heavy atom. The van der Waals surface area contributed by atoms with Crippen LogP contribution in [0.25, 0.3) is 0 Å². The summed E-state index contributed by atoms with van der Waals surface area (Å²) in [5.41, 5.74) is 1.05. The molecule has 4 saturated heterocycles. The number of para-hydroxylation sites is 1. The molecule has 2 aromatic carbocycles. The Morgan fingerprint density at radius 1 is 1.00 bits per heavy atom. The van der Waals surface area contributed by atoms with Crippen LogP contribution in [0, 0.1) is 0 Å². The predicted octanol–water partition coefficient (Wildman–Crippen LogP) is -0.277. The highest BCUT2D eigenvalue weighted by Crippen LogP contribution is 2.29. The summed E-state index contributed by atoms with van der Waals surface area (Å²) in [6.45, 7) is 1.63. The van der Waals surface area contributed by atoms with Crippen LogP contribution in [0.1, 0.15) is 28.8 Å². The number of amides is 3. The summed E-state index contributed by atoms with van der Waals surface area (Å²) in [4.78, 5) is 46.2. The van der Waals surface area contributed by atoms with E-state index < -0.39 is 36.6 Å². The van der Waals surface area contributed by atoms with Gasteiger partial charge in [-0.3, -0.25) is 19.3 Å². The van der Waals surface area contributed by atoms with Crippen molar-refractivity contribution in [3.63, 3.8) is 0 Å². The Morgan fingerprint density at radius 2 is 1.76 bits per heavy atom. The second kappa shape index (κ2) is 13.3. The van der Waals surface area contributed by atoms with Gasteiger partial charge in [0.2, 0.25) is 11.8 Å². The number of phenols is 1. The van der Waals surface area contributed by atoms with Crippen LogP contribution in [0.3, 0.4) is 0 Å². The van der Waals surface area contributed by atoms with Gasteiger partial charge < -0.3 is 44.6 Å². The number of carbonyl (C=O) groups is 3. The van der Waals surface area contributed by atoms with Gasteiger partial charge in [-0.05, 0) is 36.8 Å². The van der Waals surface area contributed by atoms with Crippen molar-refractivity contribution in [2.24, 2.45) is 0 Å². The van der Waals surface area contributed by atoms with E-state index in [0.29, 0.717) is 42.9 Å². The second-order valence-electron chi connectivity index (χ2n) is 12.2. The number of nitrogens with zero attached hydrogens (tertiary/aromatic N) is 3. The van der Waals surface area contributed by atoms with Crippen molar-refractivity contribution in [1.82, 2.24) is 20.0 Å². The van der Waals surface area contributed by atoms with Crippen molar-refractivity contribution in [1.29, 1.82) is 0 Å². The third kappa shape index (κ3) is 6.77. The Bertz CT molecular complexity index is 1390. The summed E-state index contributed by atoms with van der Waals surface area (Å²) in [5, 5.41) is 35.1. The van der Waals surface area contributed by atoms with Gasteiger partial charge in [-0.2, -0.15) is 0 Å². The average Bonchev–Trinajstić information content (AvgIpc) is 3.55. The topological polar surface area (TPSA) is 161 Å². The summed E-state index contributed by atoms with van der Waals surface area (Å²) < 4.78 is 17.3. The number of aliphatic hydroxyl groups is 2. The largest absolute Gasteiger partial charge is 0.508 e. The van der Waals surface area contributed by atoms with E-state index in [1.165, 1.54) is 12.0 Å². The van der Waals surface area contributed by atoms with E-state index >= 15 is 0 Å². The van der Waals surface area contributed by atoms with Crippen LogP contribution in [-0.2, 0) is 25.6 Å². The van der Waals surface area contributed by atoms with Gasteiger partial charge in [0.25, 0.3) is 5.91 Å². The van der Waals surface area contributed by atoms with Crippen LogP contribution in [0.2, 0.25) is 0 Å². The highest BCUT2D eigenvalue weighted by atomic mass is 16.5. The maximum Gasteiger partial charge on any atom is 0.254 e. The number of carbonyl (C=O) groups excluding carboxylic acids is 3. The Hall–Kier alpha value is -3.75. The van der Waals surface area contributed by atoms with Gasteiger partial charge in [0, 0.05) is 56.4 Å². The molecule has 0 radical (unpaired) electrons. The van der Waals surface area contributed by atoms with Crippen LogP contribution in [0.4, 0.5) is 0 Å². The fourth-order valence-corrected chi connectivity index (χ4v) is 6.78. The summed E-state index contributed by atoms with van der Waals surface area (Å²) in [7, 11) is 1.53. The Balaban J connectivity index is 1.29. The molecule has 4 aliphatic heterocycles. The number of phenolic OH excluding ortho intramolecular Hbond substituents is 1. The molecule has 0 aliphatic carbocycles. The number of aliphatic hydroxyl groups excluding tert-OH is 2. The van der Waals surface area contributed by atoms with Crippen molar-refractivity contribution in [2.45, 2.75) is 62.0 Å². The second-order valence-corrected chi connectivity index (χ2v) is 12.2. The van der Waals surface area contributed by atoms with Crippen molar-refractivity contribution >= 4 is 17.7 Å². The van der Waals surface area contributed by atoms with Crippen LogP contribution < -0.4 is 10.1 Å². The molecule has 4 N–H and O–H groups in total. The molecule has 4 fully saturated rings. The van der Waals surface area contributed by atoms with E-state index in [2.05, 4.69) is 5.32 Å². The standard InChI is InChI=1S/C32H40N4O9/c1-43-22-8-6-19(7-9-22)31(41)36-17-23-16-34(10-11-44-23)32(42)24-12-21(15-35(24)14-20-4-2-3-5-25(20)37)33-28(38)13-26-29(39)30(40)27(18-36)45-26/h2-9,21,23-24,26-27,29-30,37,39-40H,10-18H2,1H3,(H,33,38)/t21-,23-,24-,26-,27+,29-,30+/m0/s1. The zero-order valence-electron chi connectivity index (χ0n) is 25.2. The predicted molar refractivity (Wildman–Crippen MR) is 159 cm³/mol. The third-order valence-corrected chi connectivity index (χ3v) is 9.17. The molecule has 6 bridgehead atoms. The van der Waals surface area contributed by atoms with Crippen molar-refractivity contribution in [3.8, 4) is 11.5 Å². The average molecular weight is 625 g/mol. The Labute approximate surface area is 261 Å². The number of likely N-dealkylation sites (tertiary alicyclic amines) is 1. The van der Waals surface area contributed by atoms with Gasteiger partial charge in [0.1, 0.15) is 29.8 Å². The first-order chi connectivity index (χ1) is 21.7. The maximum absolute atomic E-state index is 14.0. The van der Waals surface area contributed by atoms with E-state index in [1.807, 2.05) is 11.0 Å². The van der Waals surface area contributed by atoms with Crippen molar-refractivity contribution < 1.29 is 43.9 Å². The molecule has 0 aromatic heterocycles. The lowest BCUT2D eigenvalue weighted by Gasteiger charge is -2.38. The minimum Gasteiger partial charge on any atom is -0.508 e. The van der Waals surface area contributed by atoms with Gasteiger partial charge in [0.05, 0.1) is 38.4 Å². The molecule has 13 heteroatoms. The minimum atomic E-state index is -1.33. The molecule has 4 aliphatic rings. The first kappa shape index (κ1) is 31.2. The quantitative estimate of drug-likeness (QED) is 0.356. The molecule has 4 heterocycles. The SMILES string of the molecule is COc1ccc(C(=O)N2C[C@@H]3CN(CCO3)C(=O)[C@@H]3C[C@@H](CN3Cc3ccccc3O)NC(=O)C[C@@H]3O[C@H](C2)[C@@H](O)[C@H]3O)cc1. The molecular weight excluding hydrogens is 584 g/mol. The van der Waals surface area contributed by atoms with E-state index in [9.17, 15) is 29.7 Å². The fraction of sp³-hybridized carbons (Fsp3) is 0.531. The van der Waals surface area contributed by atoms with Crippen molar-refractivity contribution in [3.05, 3.63) is 59.7 Å². The van der Waals surface area contributed by atoms with E-state index in [4.69, 9.17) is 14.2 Å². The van der Waals surface area contributed by atoms with Crippen molar-refractivity contribution in [2.75, 3.05) is 46.4 Å². The van der Waals surface area contributed by atoms with Gasteiger partial charge in [-0.1, -0.05) is 18.2 Å². The molecule has 13 nitrogen and oxygen atoms in total. The molecule has 0 spiro atoms. The number of nitrogens with one attached hydrogen (secondary N) is 1. The highest BCUT2D eigenvalue weighted by Gasteiger charge is 2.46. The van der Waals surface area contributed by atoms with Crippen LogP contribution in [0.5, 0.6) is 11.5 Å². The summed E-state index contributed by atoms with van der Waals surface area (Å²) >= 11 is 0. The molecule has 242 valence electrons. The Kier molecular flexibility index (Phi) is 9.24. The molecule has 0 unspecified atom stereocenters. The monoisotopic (exact) mass is 624 g/mol. The molecule has 6 rings (SSSR count). The van der Waals surface area contributed by atoms with Gasteiger partial charge in [-0.25, -0.2) is 0 Å². The van der Waals surface area contributed by atoms with Gasteiger partial charge >= 0.3 is 0 Å². The van der Waals surface area contributed by atoms with Crippen LogP contribution in [-0.4, -0.2) is 137 Å². The number of rotatable bonds is 4. The number of morpholine rings is 1. The lowest BCUT2D eigenvalue weighted by Crippen LogP contribution is -2.55. The lowest BCUT2D eigenvalue weighted by molar-refractivity contribution is -0.144. The normalized spacial score (nSPS) is 31.1. The van der Waals surface area contributed by atoms with E-state index in [1.54, 1.807) is 47.4 Å². The zero-order valence-corrected chi connectivity index (χ0v) is 25.2. The molecular formula is C32H40N4O9. The smallest absolute Gasteiger partial charge is 0.254 e. The number of hydrogen-bond donors (Lipinski definition) is 4. The number of fused-ring (bicyclic) bond motifs is 6. The summed E-state index contributed by atoms with van der Waals surface area (Å²) in [6.07, 6.45) is -4.92.